The zero-order valence-electron chi connectivity index (χ0n) is 8.77. The van der Waals surface area contributed by atoms with Crippen molar-refractivity contribution in [3.05, 3.63) is 35.9 Å². The molecule has 1 heterocycles. The number of anilines is 1. The van der Waals surface area contributed by atoms with E-state index in [1.54, 1.807) is 16.4 Å². The number of aryl methyl sites for hydroxylation is 1. The number of hydrogen-bond acceptors (Lipinski definition) is 3. The number of nitrogens with two attached hydrogens (primary N) is 1. The van der Waals surface area contributed by atoms with E-state index in [0.29, 0.717) is 5.82 Å². The van der Waals surface area contributed by atoms with Gasteiger partial charge in [0.05, 0.1) is 5.69 Å². The Morgan fingerprint density at radius 1 is 1.33 bits per heavy atom. The van der Waals surface area contributed by atoms with Crippen LogP contribution in [0.25, 0.3) is 5.69 Å². The summed E-state index contributed by atoms with van der Waals surface area (Å²) in [5, 5.41) is 5.35. The zero-order valence-corrected chi connectivity index (χ0v) is 9.58. The molecule has 3 nitrogen and oxygen atoms in total. The lowest BCUT2D eigenvalue weighted by molar-refractivity contribution is 0.840. The molecule has 0 saturated heterocycles. The molecule has 0 unspecified atom stereocenters. The zero-order chi connectivity index (χ0) is 10.8. The van der Waals surface area contributed by atoms with Crippen molar-refractivity contribution in [3.8, 4) is 5.69 Å². The first-order valence-corrected chi connectivity index (χ1v) is 5.90. The second kappa shape index (κ2) is 3.98. The Labute approximate surface area is 93.3 Å². The van der Waals surface area contributed by atoms with E-state index in [-0.39, 0.29) is 0 Å². The van der Waals surface area contributed by atoms with Crippen LogP contribution >= 0.6 is 11.8 Å². The summed E-state index contributed by atoms with van der Waals surface area (Å²) in [4.78, 5) is 0. The highest BCUT2D eigenvalue weighted by atomic mass is 32.2. The van der Waals surface area contributed by atoms with E-state index in [1.807, 2.05) is 30.5 Å². The number of nitrogens with zero attached hydrogens (tertiary/aromatic N) is 2. The predicted octanol–water partition coefficient (Wildman–Crippen LogP) is 2.48. The van der Waals surface area contributed by atoms with Gasteiger partial charge in [-0.25, -0.2) is 4.68 Å². The molecular formula is C11H13N3S. The van der Waals surface area contributed by atoms with Gasteiger partial charge in [-0.1, -0.05) is 18.2 Å². The number of hydrogen-bond donors (Lipinski definition) is 1. The third-order valence-electron chi connectivity index (χ3n) is 2.27. The van der Waals surface area contributed by atoms with E-state index in [1.165, 1.54) is 5.56 Å². The molecule has 0 aliphatic rings. The monoisotopic (exact) mass is 219 g/mol. The molecule has 0 amide bonds. The van der Waals surface area contributed by atoms with Gasteiger partial charge >= 0.3 is 0 Å². The molecule has 0 bridgehead atoms. The second-order valence-corrected chi connectivity index (χ2v) is 4.14. The SMILES string of the molecule is CSc1cc(N)n(-c2ccccc2C)n1. The Bertz CT molecular complexity index is 476. The van der Waals surface area contributed by atoms with Gasteiger partial charge in [0.15, 0.2) is 0 Å². The van der Waals surface area contributed by atoms with Gasteiger partial charge in [-0.15, -0.1) is 11.8 Å². The summed E-state index contributed by atoms with van der Waals surface area (Å²) in [6.07, 6.45) is 1.99. The largest absolute Gasteiger partial charge is 0.384 e. The summed E-state index contributed by atoms with van der Waals surface area (Å²) in [5.74, 6) is 0.675. The minimum Gasteiger partial charge on any atom is -0.384 e. The quantitative estimate of drug-likeness (QED) is 0.789. The predicted molar refractivity (Wildman–Crippen MR) is 64.5 cm³/mol. The third kappa shape index (κ3) is 1.85. The Hall–Kier alpha value is -1.42. The van der Waals surface area contributed by atoms with Gasteiger partial charge in [-0.3, -0.25) is 0 Å². The molecule has 2 aromatic rings. The van der Waals surface area contributed by atoms with Gasteiger partial charge in [-0.2, -0.15) is 5.10 Å². The van der Waals surface area contributed by atoms with E-state index in [4.69, 9.17) is 5.73 Å². The van der Waals surface area contributed by atoms with Gasteiger partial charge in [0.1, 0.15) is 10.8 Å². The Morgan fingerprint density at radius 2 is 2.07 bits per heavy atom. The fourth-order valence-corrected chi connectivity index (χ4v) is 1.87. The van der Waals surface area contributed by atoms with Gasteiger partial charge in [-0.05, 0) is 24.8 Å². The van der Waals surface area contributed by atoms with Gasteiger partial charge in [0, 0.05) is 6.07 Å². The molecule has 0 atom stereocenters. The van der Waals surface area contributed by atoms with Crippen LogP contribution in [0.4, 0.5) is 5.82 Å². The van der Waals surface area contributed by atoms with Gasteiger partial charge < -0.3 is 5.73 Å². The first-order chi connectivity index (χ1) is 7.22. The van der Waals surface area contributed by atoms with Crippen LogP contribution in [0.15, 0.2) is 35.4 Å². The van der Waals surface area contributed by atoms with Crippen LogP contribution in [0, 0.1) is 6.92 Å². The van der Waals surface area contributed by atoms with Crippen LogP contribution in [0.5, 0.6) is 0 Å². The van der Waals surface area contributed by atoms with Crippen LogP contribution in [0.3, 0.4) is 0 Å². The summed E-state index contributed by atoms with van der Waals surface area (Å²) < 4.78 is 1.78. The summed E-state index contributed by atoms with van der Waals surface area (Å²) >= 11 is 1.59. The molecular weight excluding hydrogens is 206 g/mol. The number of nitrogen functional groups attached to an aromatic ring is 1. The van der Waals surface area contributed by atoms with Gasteiger partial charge in [0.25, 0.3) is 0 Å². The third-order valence-corrected chi connectivity index (χ3v) is 2.89. The molecule has 1 aromatic heterocycles. The lowest BCUT2D eigenvalue weighted by Gasteiger charge is -2.06. The first kappa shape index (κ1) is 10.1. The normalized spacial score (nSPS) is 10.5. The highest BCUT2D eigenvalue weighted by Crippen LogP contribution is 2.21. The molecule has 0 saturated carbocycles. The molecule has 2 N–H and O–H groups in total. The highest BCUT2D eigenvalue weighted by molar-refractivity contribution is 7.98. The number of thioether (sulfide) groups is 1. The number of benzene rings is 1. The Balaban J connectivity index is 2.54. The summed E-state index contributed by atoms with van der Waals surface area (Å²) in [6, 6.07) is 9.95. The van der Waals surface area contributed by atoms with Crippen molar-refractivity contribution >= 4 is 17.6 Å². The maximum Gasteiger partial charge on any atom is 0.128 e. The fraction of sp³-hybridized carbons (Fsp3) is 0.182. The van der Waals surface area contributed by atoms with Crippen LogP contribution < -0.4 is 5.73 Å². The fourth-order valence-electron chi connectivity index (χ4n) is 1.47. The molecule has 0 radical (unpaired) electrons. The van der Waals surface area contributed by atoms with Crippen molar-refractivity contribution in [3.63, 3.8) is 0 Å². The Kier molecular flexibility index (Phi) is 2.68. The van der Waals surface area contributed by atoms with Crippen LogP contribution in [0.2, 0.25) is 0 Å². The average Bonchev–Trinajstić information content (AvgIpc) is 2.60. The van der Waals surface area contributed by atoms with Crippen LogP contribution in [-0.4, -0.2) is 16.0 Å². The van der Waals surface area contributed by atoms with E-state index < -0.39 is 0 Å². The van der Waals surface area contributed by atoms with Crippen molar-refractivity contribution < 1.29 is 0 Å². The molecule has 0 fully saturated rings. The van der Waals surface area contributed by atoms with Crippen LogP contribution in [0.1, 0.15) is 5.56 Å². The summed E-state index contributed by atoms with van der Waals surface area (Å²) in [5.41, 5.74) is 8.11. The summed E-state index contributed by atoms with van der Waals surface area (Å²) in [7, 11) is 0. The number of rotatable bonds is 2. The molecule has 15 heavy (non-hydrogen) atoms. The molecule has 2 rings (SSSR count). The first-order valence-electron chi connectivity index (χ1n) is 4.68. The standard InChI is InChI=1S/C11H13N3S/c1-8-5-3-4-6-9(8)14-10(12)7-11(13-14)15-2/h3-7H,12H2,1-2H3. The van der Waals surface area contributed by atoms with E-state index in [2.05, 4.69) is 18.1 Å². The van der Waals surface area contributed by atoms with E-state index in [0.717, 1.165) is 10.7 Å². The average molecular weight is 219 g/mol. The lowest BCUT2D eigenvalue weighted by Crippen LogP contribution is -2.03. The maximum absolute atomic E-state index is 5.90. The number of para-hydroxylation sites is 1. The van der Waals surface area contributed by atoms with Crippen molar-refractivity contribution in [2.45, 2.75) is 11.9 Å². The van der Waals surface area contributed by atoms with E-state index >= 15 is 0 Å². The smallest absolute Gasteiger partial charge is 0.128 e. The molecule has 4 heteroatoms. The number of aromatic nitrogens is 2. The molecule has 0 aliphatic heterocycles. The van der Waals surface area contributed by atoms with Gasteiger partial charge in [0.2, 0.25) is 0 Å². The second-order valence-electron chi connectivity index (χ2n) is 3.31. The molecule has 0 aliphatic carbocycles. The molecule has 78 valence electrons. The topological polar surface area (TPSA) is 43.8 Å². The van der Waals surface area contributed by atoms with Crippen molar-refractivity contribution in [1.82, 2.24) is 9.78 Å². The minimum absolute atomic E-state index is 0.675. The highest BCUT2D eigenvalue weighted by Gasteiger charge is 2.07. The minimum atomic E-state index is 0.675. The van der Waals surface area contributed by atoms with Crippen LogP contribution in [-0.2, 0) is 0 Å². The lowest BCUT2D eigenvalue weighted by atomic mass is 10.2. The molecule has 1 aromatic carbocycles. The van der Waals surface area contributed by atoms with E-state index in [9.17, 15) is 0 Å². The van der Waals surface area contributed by atoms with Crippen molar-refractivity contribution in [2.24, 2.45) is 0 Å². The van der Waals surface area contributed by atoms with Crippen molar-refractivity contribution in [1.29, 1.82) is 0 Å². The summed E-state index contributed by atoms with van der Waals surface area (Å²) in [6.45, 7) is 2.05. The Morgan fingerprint density at radius 3 is 2.67 bits per heavy atom. The van der Waals surface area contributed by atoms with Crippen molar-refractivity contribution in [2.75, 3.05) is 12.0 Å². The maximum atomic E-state index is 5.90. The molecule has 0 spiro atoms.